The molecule has 2 aromatic rings. The largest absolute Gasteiger partial charge is 0.497 e. The van der Waals surface area contributed by atoms with Gasteiger partial charge in [0, 0.05) is 31.4 Å². The summed E-state index contributed by atoms with van der Waals surface area (Å²) in [7, 11) is 1.72. The van der Waals surface area contributed by atoms with Crippen LogP contribution in [0.4, 0.5) is 5.82 Å². The van der Waals surface area contributed by atoms with E-state index in [1.54, 1.807) is 7.11 Å². The Kier molecular flexibility index (Phi) is 5.70. The van der Waals surface area contributed by atoms with E-state index in [9.17, 15) is 0 Å². The summed E-state index contributed by atoms with van der Waals surface area (Å²) >= 11 is 0. The summed E-state index contributed by atoms with van der Waals surface area (Å²) in [6.45, 7) is 4.35. The zero-order valence-electron chi connectivity index (χ0n) is 14.6. The molecule has 1 saturated heterocycles. The number of piperidine rings is 1. The third-order valence-electron chi connectivity index (χ3n) is 4.81. The van der Waals surface area contributed by atoms with Crippen LogP contribution in [0.5, 0.6) is 5.75 Å². The van der Waals surface area contributed by atoms with Crippen LogP contribution in [0.15, 0.2) is 48.7 Å². The van der Waals surface area contributed by atoms with Crippen molar-refractivity contribution < 1.29 is 4.74 Å². The molecule has 24 heavy (non-hydrogen) atoms. The van der Waals surface area contributed by atoms with Gasteiger partial charge in [-0.3, -0.25) is 0 Å². The van der Waals surface area contributed by atoms with Gasteiger partial charge in [0.05, 0.1) is 7.11 Å². The molecule has 0 aliphatic carbocycles. The molecule has 3 rings (SSSR count). The first-order chi connectivity index (χ1) is 11.8. The van der Waals surface area contributed by atoms with E-state index in [1.807, 2.05) is 18.3 Å². The van der Waals surface area contributed by atoms with Gasteiger partial charge in [-0.2, -0.15) is 0 Å². The summed E-state index contributed by atoms with van der Waals surface area (Å²) in [5.41, 5.74) is 1.31. The molecule has 128 valence electrons. The van der Waals surface area contributed by atoms with E-state index < -0.39 is 0 Å². The summed E-state index contributed by atoms with van der Waals surface area (Å²) in [4.78, 5) is 6.84. The predicted octanol–water partition coefficient (Wildman–Crippen LogP) is 3.80. The highest BCUT2D eigenvalue weighted by atomic mass is 16.5. The molecule has 1 aromatic carbocycles. The summed E-state index contributed by atoms with van der Waals surface area (Å²) in [5, 5.41) is 3.84. The Bertz CT molecular complexity index is 624. The van der Waals surface area contributed by atoms with Crippen LogP contribution in [0.25, 0.3) is 0 Å². The number of nitrogens with one attached hydrogen (secondary N) is 1. The van der Waals surface area contributed by atoms with Crippen molar-refractivity contribution in [3.63, 3.8) is 0 Å². The maximum Gasteiger partial charge on any atom is 0.128 e. The lowest BCUT2D eigenvalue weighted by atomic mass is 9.99. The molecule has 1 aliphatic rings. The molecular weight excluding hydrogens is 298 g/mol. The van der Waals surface area contributed by atoms with E-state index in [2.05, 4.69) is 52.5 Å². The minimum absolute atomic E-state index is 0.381. The van der Waals surface area contributed by atoms with Crippen LogP contribution in [0.3, 0.4) is 0 Å². The standard InChI is InChI=1S/C20H27N3O/c1-3-19(16-7-6-8-18(15-16)24-2)22-17-10-13-23(14-11-17)20-9-4-5-12-21-20/h4-9,12,15,17,19,22H,3,10-11,13-14H2,1-2H3/t19-/m0/s1. The monoisotopic (exact) mass is 325 g/mol. The number of hydrogen-bond donors (Lipinski definition) is 1. The van der Waals surface area contributed by atoms with Crippen molar-refractivity contribution in [1.29, 1.82) is 0 Å². The first kappa shape index (κ1) is 16.8. The first-order valence-corrected chi connectivity index (χ1v) is 8.86. The molecule has 2 heterocycles. The molecule has 0 spiro atoms. The number of hydrogen-bond acceptors (Lipinski definition) is 4. The summed E-state index contributed by atoms with van der Waals surface area (Å²) < 4.78 is 5.36. The van der Waals surface area contributed by atoms with Gasteiger partial charge in [0.15, 0.2) is 0 Å². The van der Waals surface area contributed by atoms with Crippen LogP contribution in [-0.2, 0) is 0 Å². The fourth-order valence-electron chi connectivity index (χ4n) is 3.41. The Hall–Kier alpha value is -2.07. The zero-order chi connectivity index (χ0) is 16.8. The number of rotatable bonds is 6. The summed E-state index contributed by atoms with van der Waals surface area (Å²) in [6.07, 6.45) is 5.25. The van der Waals surface area contributed by atoms with E-state index in [1.165, 1.54) is 5.56 Å². The van der Waals surface area contributed by atoms with Gasteiger partial charge in [0.1, 0.15) is 11.6 Å². The zero-order valence-corrected chi connectivity index (χ0v) is 14.6. The first-order valence-electron chi connectivity index (χ1n) is 8.86. The van der Waals surface area contributed by atoms with Crippen LogP contribution in [0.2, 0.25) is 0 Å². The molecule has 0 saturated carbocycles. The van der Waals surface area contributed by atoms with Gasteiger partial charge >= 0.3 is 0 Å². The lowest BCUT2D eigenvalue weighted by molar-refractivity contribution is 0.362. The van der Waals surface area contributed by atoms with E-state index in [0.29, 0.717) is 12.1 Å². The number of anilines is 1. The Morgan fingerprint density at radius 2 is 2.04 bits per heavy atom. The van der Waals surface area contributed by atoms with Crippen molar-refractivity contribution in [2.75, 3.05) is 25.1 Å². The van der Waals surface area contributed by atoms with Crippen LogP contribution < -0.4 is 15.0 Å². The molecule has 0 amide bonds. The second-order valence-electron chi connectivity index (χ2n) is 6.35. The smallest absolute Gasteiger partial charge is 0.128 e. The van der Waals surface area contributed by atoms with Gasteiger partial charge in [-0.1, -0.05) is 25.1 Å². The van der Waals surface area contributed by atoms with Crippen molar-refractivity contribution in [2.45, 2.75) is 38.3 Å². The summed E-state index contributed by atoms with van der Waals surface area (Å²) in [6, 6.07) is 15.5. The van der Waals surface area contributed by atoms with Crippen molar-refractivity contribution in [2.24, 2.45) is 0 Å². The molecular formula is C20H27N3O. The molecule has 1 aliphatic heterocycles. The average molecular weight is 325 g/mol. The van der Waals surface area contributed by atoms with Gasteiger partial charge in [-0.05, 0) is 49.1 Å². The van der Waals surface area contributed by atoms with Gasteiger partial charge in [-0.15, -0.1) is 0 Å². The Morgan fingerprint density at radius 3 is 2.71 bits per heavy atom. The van der Waals surface area contributed by atoms with Crippen molar-refractivity contribution in [1.82, 2.24) is 10.3 Å². The van der Waals surface area contributed by atoms with Crippen LogP contribution in [0, 0.1) is 0 Å². The van der Waals surface area contributed by atoms with E-state index in [-0.39, 0.29) is 0 Å². The normalized spacial score (nSPS) is 16.8. The topological polar surface area (TPSA) is 37.4 Å². The molecule has 0 bridgehead atoms. The lowest BCUT2D eigenvalue weighted by Crippen LogP contribution is -2.44. The van der Waals surface area contributed by atoms with Crippen LogP contribution in [-0.4, -0.2) is 31.2 Å². The fraction of sp³-hybridized carbons (Fsp3) is 0.450. The van der Waals surface area contributed by atoms with E-state index >= 15 is 0 Å². The third kappa shape index (κ3) is 4.06. The highest BCUT2D eigenvalue weighted by Gasteiger charge is 2.22. The summed E-state index contributed by atoms with van der Waals surface area (Å²) in [5.74, 6) is 2.02. The number of pyridine rings is 1. The van der Waals surface area contributed by atoms with Gasteiger partial charge < -0.3 is 15.0 Å². The number of nitrogens with zero attached hydrogens (tertiary/aromatic N) is 2. The van der Waals surface area contributed by atoms with Gasteiger partial charge in [0.25, 0.3) is 0 Å². The highest BCUT2D eigenvalue weighted by Crippen LogP contribution is 2.24. The maximum absolute atomic E-state index is 5.36. The Labute approximate surface area is 144 Å². The SMILES string of the molecule is CC[C@H](NC1CCN(c2ccccn2)CC1)c1cccc(OC)c1. The predicted molar refractivity (Wildman–Crippen MR) is 98.6 cm³/mol. The minimum atomic E-state index is 0.381. The van der Waals surface area contributed by atoms with Gasteiger partial charge in [0.2, 0.25) is 0 Å². The molecule has 4 heteroatoms. The van der Waals surface area contributed by atoms with Crippen LogP contribution >= 0.6 is 0 Å². The molecule has 1 N–H and O–H groups in total. The van der Waals surface area contributed by atoms with Crippen molar-refractivity contribution >= 4 is 5.82 Å². The third-order valence-corrected chi connectivity index (χ3v) is 4.81. The molecule has 0 unspecified atom stereocenters. The minimum Gasteiger partial charge on any atom is -0.497 e. The van der Waals surface area contributed by atoms with Crippen LogP contribution in [0.1, 0.15) is 37.8 Å². The highest BCUT2D eigenvalue weighted by molar-refractivity contribution is 5.38. The van der Waals surface area contributed by atoms with Crippen molar-refractivity contribution in [3.8, 4) is 5.75 Å². The van der Waals surface area contributed by atoms with E-state index in [4.69, 9.17) is 4.74 Å². The number of benzene rings is 1. The number of aromatic nitrogens is 1. The van der Waals surface area contributed by atoms with E-state index in [0.717, 1.165) is 43.9 Å². The fourth-order valence-corrected chi connectivity index (χ4v) is 3.41. The van der Waals surface area contributed by atoms with Gasteiger partial charge in [-0.25, -0.2) is 4.98 Å². The Morgan fingerprint density at radius 1 is 1.21 bits per heavy atom. The second kappa shape index (κ2) is 8.15. The molecule has 0 radical (unpaired) electrons. The quantitative estimate of drug-likeness (QED) is 0.876. The average Bonchev–Trinajstić information content (AvgIpc) is 2.67. The number of methoxy groups -OCH3 is 1. The maximum atomic E-state index is 5.36. The lowest BCUT2D eigenvalue weighted by Gasteiger charge is -2.35. The molecule has 1 fully saturated rings. The number of ether oxygens (including phenoxy) is 1. The molecule has 4 nitrogen and oxygen atoms in total. The second-order valence-corrected chi connectivity index (χ2v) is 6.35. The molecule has 1 aromatic heterocycles. The Balaban J connectivity index is 1.58. The molecule has 1 atom stereocenters. The van der Waals surface area contributed by atoms with Crippen molar-refractivity contribution in [3.05, 3.63) is 54.2 Å².